The molecule has 0 saturated heterocycles. The van der Waals surface area contributed by atoms with E-state index in [1.165, 1.54) is 4.57 Å². The Bertz CT molecular complexity index is 794. The molecule has 3 aromatic rings. The van der Waals surface area contributed by atoms with Crippen LogP contribution in [0, 0.1) is 0 Å². The van der Waals surface area contributed by atoms with E-state index in [1.807, 2.05) is 54.6 Å². The lowest BCUT2D eigenvalue weighted by Crippen LogP contribution is -2.21. The Balaban J connectivity index is 2.10. The van der Waals surface area contributed by atoms with Crippen molar-refractivity contribution in [3.8, 4) is 16.8 Å². The molecule has 20 heavy (non-hydrogen) atoms. The van der Waals surface area contributed by atoms with Gasteiger partial charge in [0, 0.05) is 6.20 Å². The van der Waals surface area contributed by atoms with Crippen molar-refractivity contribution >= 4 is 5.82 Å². The average Bonchev–Trinajstić information content (AvgIpc) is 2.48. The Hall–Kier alpha value is -2.88. The van der Waals surface area contributed by atoms with Gasteiger partial charge in [0.05, 0.1) is 5.69 Å². The second-order valence-corrected chi connectivity index (χ2v) is 4.42. The second kappa shape index (κ2) is 5.01. The molecule has 4 nitrogen and oxygen atoms in total. The van der Waals surface area contributed by atoms with Crippen molar-refractivity contribution in [2.75, 3.05) is 5.73 Å². The van der Waals surface area contributed by atoms with E-state index >= 15 is 0 Å². The molecule has 0 fully saturated rings. The van der Waals surface area contributed by atoms with Crippen molar-refractivity contribution in [1.29, 1.82) is 0 Å². The molecule has 0 amide bonds. The molecule has 2 aromatic carbocycles. The molecule has 98 valence electrons. The molecule has 0 saturated carbocycles. The van der Waals surface area contributed by atoms with Crippen molar-refractivity contribution in [2.45, 2.75) is 0 Å². The number of benzene rings is 2. The van der Waals surface area contributed by atoms with Crippen molar-refractivity contribution in [3.05, 3.63) is 77.3 Å². The molecule has 0 aliphatic carbocycles. The molecule has 1 aromatic heterocycles. The summed E-state index contributed by atoms with van der Waals surface area (Å²) in [7, 11) is 0. The highest BCUT2D eigenvalue weighted by Crippen LogP contribution is 2.21. The van der Waals surface area contributed by atoms with E-state index in [1.54, 1.807) is 12.3 Å². The fourth-order valence-electron chi connectivity index (χ4n) is 2.08. The molecule has 0 aliphatic rings. The van der Waals surface area contributed by atoms with E-state index in [2.05, 4.69) is 4.98 Å². The Morgan fingerprint density at radius 2 is 1.65 bits per heavy atom. The summed E-state index contributed by atoms with van der Waals surface area (Å²) in [5, 5.41) is 0. The summed E-state index contributed by atoms with van der Waals surface area (Å²) in [5.41, 5.74) is 8.04. The highest BCUT2D eigenvalue weighted by Gasteiger charge is 2.03. The van der Waals surface area contributed by atoms with Crippen LogP contribution in [0.25, 0.3) is 16.8 Å². The van der Waals surface area contributed by atoms with Gasteiger partial charge >= 0.3 is 5.69 Å². The molecule has 0 bridgehead atoms. The predicted octanol–water partition coefficient (Wildman–Crippen LogP) is 2.48. The number of nitrogens with two attached hydrogens (primary N) is 1. The van der Waals surface area contributed by atoms with E-state index in [4.69, 9.17) is 5.73 Å². The lowest BCUT2D eigenvalue weighted by Gasteiger charge is -2.07. The Morgan fingerprint density at radius 3 is 2.40 bits per heavy atom. The van der Waals surface area contributed by atoms with Gasteiger partial charge in [0.15, 0.2) is 0 Å². The second-order valence-electron chi connectivity index (χ2n) is 4.42. The fourth-order valence-corrected chi connectivity index (χ4v) is 2.08. The lowest BCUT2D eigenvalue weighted by atomic mass is 10.1. The molecule has 0 aliphatic heterocycles. The molecule has 4 heteroatoms. The zero-order valence-electron chi connectivity index (χ0n) is 10.7. The van der Waals surface area contributed by atoms with Crippen molar-refractivity contribution < 1.29 is 0 Å². The first-order valence-corrected chi connectivity index (χ1v) is 6.25. The quantitative estimate of drug-likeness (QED) is 0.772. The van der Waals surface area contributed by atoms with Gasteiger partial charge in [0.2, 0.25) is 0 Å². The van der Waals surface area contributed by atoms with Crippen LogP contribution in [-0.4, -0.2) is 9.55 Å². The first-order valence-electron chi connectivity index (χ1n) is 6.25. The first-order chi connectivity index (χ1) is 9.74. The minimum atomic E-state index is -0.379. The molecule has 0 atom stereocenters. The van der Waals surface area contributed by atoms with Gasteiger partial charge < -0.3 is 5.73 Å². The monoisotopic (exact) mass is 263 g/mol. The van der Waals surface area contributed by atoms with Crippen LogP contribution in [0.5, 0.6) is 0 Å². The van der Waals surface area contributed by atoms with Gasteiger partial charge in [0.1, 0.15) is 5.82 Å². The van der Waals surface area contributed by atoms with Crippen LogP contribution < -0.4 is 11.4 Å². The zero-order chi connectivity index (χ0) is 13.9. The molecule has 0 unspecified atom stereocenters. The van der Waals surface area contributed by atoms with Crippen LogP contribution in [-0.2, 0) is 0 Å². The SMILES string of the molecule is Nc1ccn(-c2cccc(-c3ccccc3)c2)c(=O)n1. The van der Waals surface area contributed by atoms with Gasteiger partial charge in [-0.25, -0.2) is 4.79 Å². The summed E-state index contributed by atoms with van der Waals surface area (Å²) in [4.78, 5) is 15.6. The highest BCUT2D eigenvalue weighted by molar-refractivity contribution is 5.65. The normalized spacial score (nSPS) is 10.4. The van der Waals surface area contributed by atoms with Crippen LogP contribution >= 0.6 is 0 Å². The number of nitrogen functional groups attached to an aromatic ring is 1. The van der Waals surface area contributed by atoms with Crippen LogP contribution in [0.4, 0.5) is 5.82 Å². The summed E-state index contributed by atoms with van der Waals surface area (Å²) in [6.45, 7) is 0. The number of anilines is 1. The minimum absolute atomic E-state index is 0.227. The standard InChI is InChI=1S/C16H13N3O/c17-15-9-10-19(16(20)18-15)14-8-4-7-13(11-14)12-5-2-1-3-6-12/h1-11H,(H2,17,18,20). The minimum Gasteiger partial charge on any atom is -0.383 e. The van der Waals surface area contributed by atoms with E-state index in [0.717, 1.165) is 16.8 Å². The third kappa shape index (κ3) is 2.31. The largest absolute Gasteiger partial charge is 0.383 e. The fraction of sp³-hybridized carbons (Fsp3) is 0. The van der Waals surface area contributed by atoms with Gasteiger partial charge in [0.25, 0.3) is 0 Å². The van der Waals surface area contributed by atoms with E-state index < -0.39 is 0 Å². The molecule has 3 rings (SSSR count). The Morgan fingerprint density at radius 1 is 0.900 bits per heavy atom. The van der Waals surface area contributed by atoms with E-state index in [-0.39, 0.29) is 11.5 Å². The maximum Gasteiger partial charge on any atom is 0.354 e. The average molecular weight is 263 g/mol. The third-order valence-electron chi connectivity index (χ3n) is 3.06. The molecular weight excluding hydrogens is 250 g/mol. The van der Waals surface area contributed by atoms with Crippen LogP contribution in [0.3, 0.4) is 0 Å². The molecule has 2 N–H and O–H groups in total. The summed E-state index contributed by atoms with van der Waals surface area (Å²) in [5.74, 6) is 0.227. The number of hydrogen-bond acceptors (Lipinski definition) is 3. The molecule has 1 heterocycles. The van der Waals surface area contributed by atoms with Crippen molar-refractivity contribution in [1.82, 2.24) is 9.55 Å². The summed E-state index contributed by atoms with van der Waals surface area (Å²) >= 11 is 0. The lowest BCUT2D eigenvalue weighted by molar-refractivity contribution is 0.920. The molecular formula is C16H13N3O. The summed E-state index contributed by atoms with van der Waals surface area (Å²) in [6.07, 6.45) is 1.63. The maximum atomic E-state index is 11.9. The van der Waals surface area contributed by atoms with Crippen LogP contribution in [0.2, 0.25) is 0 Å². The van der Waals surface area contributed by atoms with Crippen molar-refractivity contribution in [3.63, 3.8) is 0 Å². The Kier molecular flexibility index (Phi) is 3.05. The smallest absolute Gasteiger partial charge is 0.354 e. The number of nitrogens with zero attached hydrogens (tertiary/aromatic N) is 2. The molecule has 0 radical (unpaired) electrons. The maximum absolute atomic E-state index is 11.9. The Labute approximate surface area is 116 Å². The third-order valence-corrected chi connectivity index (χ3v) is 3.06. The molecule has 0 spiro atoms. The zero-order valence-corrected chi connectivity index (χ0v) is 10.7. The van der Waals surface area contributed by atoms with Crippen LogP contribution in [0.15, 0.2) is 71.7 Å². The van der Waals surface area contributed by atoms with E-state index in [9.17, 15) is 4.79 Å². The van der Waals surface area contributed by atoms with Gasteiger partial charge in [-0.05, 0) is 29.3 Å². The van der Waals surface area contributed by atoms with Crippen LogP contribution in [0.1, 0.15) is 0 Å². The van der Waals surface area contributed by atoms with Gasteiger partial charge in [-0.3, -0.25) is 4.57 Å². The summed E-state index contributed by atoms with van der Waals surface area (Å²) < 4.78 is 1.48. The first kappa shape index (κ1) is 12.2. The van der Waals surface area contributed by atoms with Gasteiger partial charge in [-0.1, -0.05) is 42.5 Å². The topological polar surface area (TPSA) is 60.9 Å². The van der Waals surface area contributed by atoms with Gasteiger partial charge in [-0.2, -0.15) is 4.98 Å². The highest BCUT2D eigenvalue weighted by atomic mass is 16.1. The summed E-state index contributed by atoms with van der Waals surface area (Å²) in [6, 6.07) is 19.4. The van der Waals surface area contributed by atoms with Crippen molar-refractivity contribution in [2.24, 2.45) is 0 Å². The van der Waals surface area contributed by atoms with Gasteiger partial charge in [-0.15, -0.1) is 0 Å². The predicted molar refractivity (Wildman–Crippen MR) is 79.7 cm³/mol. The number of hydrogen-bond donors (Lipinski definition) is 1. The van der Waals surface area contributed by atoms with E-state index in [0.29, 0.717) is 0 Å². The number of rotatable bonds is 2. The number of aromatic nitrogens is 2.